The molecule has 0 aliphatic heterocycles. The molecule has 1 amide bonds. The third-order valence-corrected chi connectivity index (χ3v) is 3.48. The van der Waals surface area contributed by atoms with Crippen molar-refractivity contribution in [1.29, 1.82) is 0 Å². The standard InChI is InChI=1S/C16H19FN2O4/c1-11(7-8-20)19(2)16(21)14-9-23-15(18-14)10-22-13-5-3-12(17)4-6-13/h3-6,9,11,20H,7-8,10H2,1-2H3. The molecule has 23 heavy (non-hydrogen) atoms. The number of hydrogen-bond donors (Lipinski definition) is 1. The summed E-state index contributed by atoms with van der Waals surface area (Å²) in [5.74, 6) is 0.0937. The Labute approximate surface area is 133 Å². The van der Waals surface area contributed by atoms with Gasteiger partial charge < -0.3 is 19.2 Å². The second kappa shape index (κ2) is 7.73. The van der Waals surface area contributed by atoms with E-state index >= 15 is 0 Å². The molecule has 124 valence electrons. The van der Waals surface area contributed by atoms with Crippen molar-refractivity contribution in [2.75, 3.05) is 13.7 Å². The number of aliphatic hydroxyl groups excluding tert-OH is 1. The number of rotatable bonds is 7. The third-order valence-electron chi connectivity index (χ3n) is 3.48. The molecule has 7 heteroatoms. The van der Waals surface area contributed by atoms with Gasteiger partial charge >= 0.3 is 0 Å². The quantitative estimate of drug-likeness (QED) is 0.846. The van der Waals surface area contributed by atoms with E-state index in [1.807, 2.05) is 6.92 Å². The predicted molar refractivity (Wildman–Crippen MR) is 80.5 cm³/mol. The van der Waals surface area contributed by atoms with Gasteiger partial charge in [0, 0.05) is 19.7 Å². The summed E-state index contributed by atoms with van der Waals surface area (Å²) in [6, 6.07) is 5.46. The molecule has 0 saturated carbocycles. The van der Waals surface area contributed by atoms with Crippen LogP contribution in [0.3, 0.4) is 0 Å². The number of hydrogen-bond acceptors (Lipinski definition) is 5. The first-order chi connectivity index (χ1) is 11.0. The van der Waals surface area contributed by atoms with Crippen LogP contribution < -0.4 is 4.74 Å². The minimum Gasteiger partial charge on any atom is -0.484 e. The van der Waals surface area contributed by atoms with E-state index in [0.29, 0.717) is 12.2 Å². The Bertz CT molecular complexity index is 642. The number of carbonyl (C=O) groups is 1. The fourth-order valence-electron chi connectivity index (χ4n) is 1.91. The summed E-state index contributed by atoms with van der Waals surface area (Å²) in [4.78, 5) is 17.8. The molecule has 0 radical (unpaired) electrons. The van der Waals surface area contributed by atoms with Gasteiger partial charge in [0.25, 0.3) is 5.91 Å². The zero-order chi connectivity index (χ0) is 16.8. The lowest BCUT2D eigenvalue weighted by atomic mass is 10.2. The van der Waals surface area contributed by atoms with E-state index < -0.39 is 0 Å². The van der Waals surface area contributed by atoms with E-state index in [1.54, 1.807) is 7.05 Å². The number of aliphatic hydroxyl groups is 1. The molecule has 1 unspecified atom stereocenters. The molecule has 6 nitrogen and oxygen atoms in total. The van der Waals surface area contributed by atoms with E-state index in [1.165, 1.54) is 35.4 Å². The van der Waals surface area contributed by atoms with E-state index in [0.717, 1.165) is 0 Å². The molecule has 0 aliphatic rings. The molecule has 0 aliphatic carbocycles. The highest BCUT2D eigenvalue weighted by molar-refractivity contribution is 5.92. The first kappa shape index (κ1) is 17.0. The Morgan fingerprint density at radius 1 is 1.43 bits per heavy atom. The summed E-state index contributed by atoms with van der Waals surface area (Å²) >= 11 is 0. The Morgan fingerprint density at radius 3 is 2.78 bits per heavy atom. The molecule has 0 fully saturated rings. The smallest absolute Gasteiger partial charge is 0.275 e. The van der Waals surface area contributed by atoms with Gasteiger partial charge in [0.15, 0.2) is 12.3 Å². The Morgan fingerprint density at radius 2 is 2.13 bits per heavy atom. The maximum atomic E-state index is 12.8. The maximum Gasteiger partial charge on any atom is 0.275 e. The van der Waals surface area contributed by atoms with Crippen molar-refractivity contribution in [3.8, 4) is 5.75 Å². The van der Waals surface area contributed by atoms with Crippen molar-refractivity contribution < 1.29 is 23.4 Å². The minimum absolute atomic E-state index is 0.00830. The van der Waals surface area contributed by atoms with E-state index in [4.69, 9.17) is 14.3 Å². The molecule has 2 rings (SSSR count). The summed E-state index contributed by atoms with van der Waals surface area (Å²) in [6.07, 6.45) is 1.76. The van der Waals surface area contributed by atoms with Gasteiger partial charge in [0.2, 0.25) is 5.89 Å². The van der Waals surface area contributed by atoms with E-state index in [-0.39, 0.29) is 42.6 Å². The number of ether oxygens (including phenoxy) is 1. The predicted octanol–water partition coefficient (Wildman–Crippen LogP) is 2.24. The molecule has 1 N–H and O–H groups in total. The van der Waals surface area contributed by atoms with Gasteiger partial charge in [0.1, 0.15) is 17.8 Å². The third kappa shape index (κ3) is 4.53. The second-order valence-corrected chi connectivity index (χ2v) is 5.15. The molecule has 2 aromatic rings. The fraction of sp³-hybridized carbons (Fsp3) is 0.375. The van der Waals surface area contributed by atoms with E-state index in [2.05, 4.69) is 4.98 Å². The lowest BCUT2D eigenvalue weighted by Gasteiger charge is -2.23. The van der Waals surface area contributed by atoms with Crippen molar-refractivity contribution >= 4 is 5.91 Å². The van der Waals surface area contributed by atoms with Gasteiger partial charge in [-0.25, -0.2) is 9.37 Å². The van der Waals surface area contributed by atoms with Gasteiger partial charge in [-0.05, 0) is 37.6 Å². The highest BCUT2D eigenvalue weighted by atomic mass is 19.1. The van der Waals surface area contributed by atoms with Gasteiger partial charge in [-0.1, -0.05) is 0 Å². The molecule has 1 aromatic heterocycles. The lowest BCUT2D eigenvalue weighted by Crippen LogP contribution is -2.35. The van der Waals surface area contributed by atoms with Crippen LogP contribution in [0.4, 0.5) is 4.39 Å². The molecule has 1 aromatic carbocycles. The number of amides is 1. The zero-order valence-corrected chi connectivity index (χ0v) is 13.0. The van der Waals surface area contributed by atoms with Crippen LogP contribution in [0.2, 0.25) is 0 Å². The second-order valence-electron chi connectivity index (χ2n) is 5.15. The molecular weight excluding hydrogens is 303 g/mol. The van der Waals surface area contributed by atoms with Crippen LogP contribution in [-0.4, -0.2) is 40.6 Å². The monoisotopic (exact) mass is 322 g/mol. The van der Waals surface area contributed by atoms with Crippen LogP contribution in [0.15, 0.2) is 34.9 Å². The van der Waals surface area contributed by atoms with Gasteiger partial charge in [-0.3, -0.25) is 4.79 Å². The van der Waals surface area contributed by atoms with Crippen LogP contribution in [0, 0.1) is 5.82 Å². The van der Waals surface area contributed by atoms with Crippen LogP contribution in [0.25, 0.3) is 0 Å². The summed E-state index contributed by atoms with van der Waals surface area (Å²) in [7, 11) is 1.64. The fourth-order valence-corrected chi connectivity index (χ4v) is 1.91. The number of halogens is 1. The Hall–Kier alpha value is -2.41. The van der Waals surface area contributed by atoms with Crippen molar-refractivity contribution in [1.82, 2.24) is 9.88 Å². The number of benzene rings is 1. The van der Waals surface area contributed by atoms with Gasteiger partial charge in [-0.2, -0.15) is 0 Å². The van der Waals surface area contributed by atoms with Gasteiger partial charge in [0.05, 0.1) is 0 Å². The van der Waals surface area contributed by atoms with Crippen molar-refractivity contribution in [3.63, 3.8) is 0 Å². The SMILES string of the molecule is CC(CCO)N(C)C(=O)c1coc(COc2ccc(F)cc2)n1. The van der Waals surface area contributed by atoms with E-state index in [9.17, 15) is 9.18 Å². The lowest BCUT2D eigenvalue weighted by molar-refractivity contribution is 0.0716. The zero-order valence-electron chi connectivity index (χ0n) is 13.0. The maximum absolute atomic E-state index is 12.8. The Balaban J connectivity index is 1.94. The number of carbonyl (C=O) groups excluding carboxylic acids is 1. The summed E-state index contributed by atoms with van der Waals surface area (Å²) < 4.78 is 23.4. The molecular formula is C16H19FN2O4. The highest BCUT2D eigenvalue weighted by Gasteiger charge is 2.20. The largest absolute Gasteiger partial charge is 0.484 e. The first-order valence-electron chi connectivity index (χ1n) is 7.22. The molecule has 0 bridgehead atoms. The normalized spacial score (nSPS) is 12.0. The molecule has 1 heterocycles. The number of aromatic nitrogens is 1. The highest BCUT2D eigenvalue weighted by Crippen LogP contribution is 2.14. The molecule has 0 saturated heterocycles. The summed E-state index contributed by atoms with van der Waals surface area (Å²) in [6.45, 7) is 1.88. The first-order valence-corrected chi connectivity index (χ1v) is 7.22. The van der Waals surface area contributed by atoms with Crippen molar-refractivity contribution in [2.24, 2.45) is 0 Å². The Kier molecular flexibility index (Phi) is 5.70. The van der Waals surface area contributed by atoms with Gasteiger partial charge in [-0.15, -0.1) is 0 Å². The van der Waals surface area contributed by atoms with Crippen molar-refractivity contribution in [3.05, 3.63) is 47.9 Å². The van der Waals surface area contributed by atoms with Crippen molar-refractivity contribution in [2.45, 2.75) is 26.0 Å². The van der Waals surface area contributed by atoms with Crippen LogP contribution in [0.5, 0.6) is 5.75 Å². The number of oxazole rings is 1. The summed E-state index contributed by atoms with van der Waals surface area (Å²) in [5.41, 5.74) is 0.176. The van der Waals surface area contributed by atoms with Crippen LogP contribution >= 0.6 is 0 Å². The molecule has 0 spiro atoms. The summed E-state index contributed by atoms with van der Waals surface area (Å²) in [5, 5.41) is 8.93. The minimum atomic E-state index is -0.346. The molecule has 1 atom stereocenters. The number of nitrogens with zero attached hydrogens (tertiary/aromatic N) is 2. The topological polar surface area (TPSA) is 75.8 Å². The average Bonchev–Trinajstić information content (AvgIpc) is 3.02. The van der Waals surface area contributed by atoms with Crippen LogP contribution in [-0.2, 0) is 6.61 Å². The average molecular weight is 322 g/mol. The van der Waals surface area contributed by atoms with Crippen LogP contribution in [0.1, 0.15) is 29.7 Å².